The first-order valence-corrected chi connectivity index (χ1v) is 4.12. The first-order valence-electron chi connectivity index (χ1n) is 3.68. The number of aliphatic hydroxyl groups excluding tert-OH is 1. The molecule has 1 unspecified atom stereocenters. The summed E-state index contributed by atoms with van der Waals surface area (Å²) in [6, 6.07) is 0. The number of alkyl halides is 10. The summed E-state index contributed by atoms with van der Waals surface area (Å²) in [5.41, 5.74) is 0. The molecule has 0 amide bonds. The minimum Gasteiger partial charge on any atom is -0.395 e. The van der Waals surface area contributed by atoms with Crippen molar-refractivity contribution in [1.29, 1.82) is 0 Å². The van der Waals surface area contributed by atoms with Crippen molar-refractivity contribution in [3.05, 3.63) is 0 Å². The molecule has 0 aromatic heterocycles. The van der Waals surface area contributed by atoms with Crippen LogP contribution in [0.5, 0.6) is 0 Å². The first kappa shape index (κ1) is 16.6. The lowest BCUT2D eigenvalue weighted by molar-refractivity contribution is -0.396. The molecule has 0 rings (SSSR count). The number of rotatable bonds is 4. The zero-order chi connectivity index (χ0) is 14.3. The van der Waals surface area contributed by atoms with E-state index in [1.165, 1.54) is 0 Å². The molecule has 0 aromatic carbocycles. The normalized spacial score (nSPS) is 17.1. The highest BCUT2D eigenvalue weighted by Gasteiger charge is 2.82. The second kappa shape index (κ2) is 4.38. The first-order chi connectivity index (χ1) is 7.23. The second-order valence-corrected chi connectivity index (χ2v) is 3.45. The maximum Gasteiger partial charge on any atom is 0.460 e. The molecular weight excluding hydrogens is 294 g/mol. The fraction of sp³-hybridized carbons (Fsp3) is 1.00. The summed E-state index contributed by atoms with van der Waals surface area (Å²) in [4.78, 5) is 0. The minimum absolute atomic E-state index is 1.90. The summed E-state index contributed by atoms with van der Waals surface area (Å²) in [6.07, 6.45) is -6.88. The van der Waals surface area contributed by atoms with Gasteiger partial charge in [0.2, 0.25) is 0 Å². The van der Waals surface area contributed by atoms with E-state index < -0.39 is 35.9 Å². The van der Waals surface area contributed by atoms with Crippen LogP contribution in [0.25, 0.3) is 0 Å². The third-order valence-electron chi connectivity index (χ3n) is 1.72. The van der Waals surface area contributed by atoms with Crippen molar-refractivity contribution in [3.8, 4) is 0 Å². The van der Waals surface area contributed by atoms with Gasteiger partial charge in [-0.3, -0.25) is 0 Å². The number of aliphatic hydroxyl groups is 1. The van der Waals surface area contributed by atoms with Gasteiger partial charge < -0.3 is 5.11 Å². The van der Waals surface area contributed by atoms with Crippen LogP contribution < -0.4 is 0 Å². The van der Waals surface area contributed by atoms with Gasteiger partial charge in [0.05, 0.1) is 6.61 Å². The van der Waals surface area contributed by atoms with Crippen molar-refractivity contribution in [3.63, 3.8) is 0 Å². The van der Waals surface area contributed by atoms with Crippen molar-refractivity contribution in [2.45, 2.75) is 29.3 Å². The molecule has 0 aliphatic rings. The lowest BCUT2D eigenvalue weighted by Crippen LogP contribution is -2.64. The van der Waals surface area contributed by atoms with E-state index in [9.17, 15) is 39.5 Å². The standard InChI is InChI=1S/C6H4ClF9O/c7-2(1-17)3(8,9)4(10,11)5(12,13)6(14,15)16/h2,17H,1H2. The van der Waals surface area contributed by atoms with E-state index >= 15 is 0 Å². The van der Waals surface area contributed by atoms with Gasteiger partial charge in [-0.1, -0.05) is 0 Å². The zero-order valence-electron chi connectivity index (χ0n) is 7.51. The van der Waals surface area contributed by atoms with Crippen molar-refractivity contribution < 1.29 is 44.6 Å². The molecule has 1 atom stereocenters. The SMILES string of the molecule is OCC(Cl)C(F)(F)C(F)(F)C(F)(F)C(F)(F)F. The lowest BCUT2D eigenvalue weighted by atomic mass is 10.0. The molecule has 11 heteroatoms. The average Bonchev–Trinajstić information content (AvgIpc) is 2.13. The minimum atomic E-state index is -6.98. The highest BCUT2D eigenvalue weighted by Crippen LogP contribution is 2.54. The number of halogens is 10. The third-order valence-corrected chi connectivity index (χ3v) is 2.13. The Bertz CT molecular complexity index is 273. The van der Waals surface area contributed by atoms with Crippen LogP contribution in [0.4, 0.5) is 39.5 Å². The molecule has 0 aliphatic carbocycles. The molecule has 1 N–H and O–H groups in total. The quantitative estimate of drug-likeness (QED) is 0.625. The van der Waals surface area contributed by atoms with E-state index in [-0.39, 0.29) is 0 Å². The number of hydrogen-bond acceptors (Lipinski definition) is 1. The van der Waals surface area contributed by atoms with Crippen molar-refractivity contribution in [1.82, 2.24) is 0 Å². The molecule has 0 fully saturated rings. The molecular formula is C6H4ClF9O. The Hall–Kier alpha value is -0.380. The molecule has 1 nitrogen and oxygen atoms in total. The fourth-order valence-electron chi connectivity index (χ4n) is 0.699. The van der Waals surface area contributed by atoms with Crippen LogP contribution in [0.3, 0.4) is 0 Å². The highest BCUT2D eigenvalue weighted by atomic mass is 35.5. The zero-order valence-corrected chi connectivity index (χ0v) is 8.27. The molecule has 0 saturated carbocycles. The molecule has 0 aliphatic heterocycles. The Morgan fingerprint density at radius 3 is 1.41 bits per heavy atom. The second-order valence-electron chi connectivity index (χ2n) is 2.92. The maximum atomic E-state index is 12.6. The summed E-state index contributed by atoms with van der Waals surface area (Å²) < 4.78 is 109. The molecule has 0 radical (unpaired) electrons. The van der Waals surface area contributed by atoms with Gasteiger partial charge in [0.1, 0.15) is 5.38 Å². The Kier molecular flexibility index (Phi) is 4.28. The molecule has 0 saturated heterocycles. The van der Waals surface area contributed by atoms with E-state index in [0.717, 1.165) is 0 Å². The van der Waals surface area contributed by atoms with Gasteiger partial charge in [-0.2, -0.15) is 39.5 Å². The molecule has 0 spiro atoms. The van der Waals surface area contributed by atoms with E-state index in [1.807, 2.05) is 0 Å². The topological polar surface area (TPSA) is 20.2 Å². The lowest BCUT2D eigenvalue weighted by Gasteiger charge is -2.35. The van der Waals surface area contributed by atoms with Crippen LogP contribution in [-0.2, 0) is 0 Å². The maximum absolute atomic E-state index is 12.6. The summed E-state index contributed by atoms with van der Waals surface area (Å²) in [6.45, 7) is -1.90. The summed E-state index contributed by atoms with van der Waals surface area (Å²) >= 11 is 4.42. The largest absolute Gasteiger partial charge is 0.460 e. The molecule has 0 heterocycles. The van der Waals surface area contributed by atoms with E-state index in [1.54, 1.807) is 0 Å². The molecule has 17 heavy (non-hydrogen) atoms. The summed E-state index contributed by atoms with van der Waals surface area (Å²) in [7, 11) is 0. The molecule has 0 bridgehead atoms. The summed E-state index contributed by atoms with van der Waals surface area (Å²) in [5.74, 6) is -19.7. The highest BCUT2D eigenvalue weighted by molar-refractivity contribution is 6.21. The molecule has 0 aromatic rings. The summed E-state index contributed by atoms with van der Waals surface area (Å²) in [5, 5.41) is 4.74. The third kappa shape index (κ3) is 2.42. The predicted octanol–water partition coefficient (Wildman–Crippen LogP) is 3.05. The smallest absolute Gasteiger partial charge is 0.395 e. The number of hydrogen-bond donors (Lipinski definition) is 1. The van der Waals surface area contributed by atoms with Crippen LogP contribution in [0, 0.1) is 0 Å². The predicted molar refractivity (Wildman–Crippen MR) is 37.6 cm³/mol. The van der Waals surface area contributed by atoms with E-state index in [0.29, 0.717) is 0 Å². The monoisotopic (exact) mass is 298 g/mol. The van der Waals surface area contributed by atoms with Gasteiger partial charge >= 0.3 is 23.9 Å². The van der Waals surface area contributed by atoms with Gasteiger partial charge in [-0.15, -0.1) is 11.6 Å². The Morgan fingerprint density at radius 2 is 1.18 bits per heavy atom. The average molecular weight is 299 g/mol. The fourth-order valence-corrected chi connectivity index (χ4v) is 0.836. The van der Waals surface area contributed by atoms with Gasteiger partial charge in [-0.05, 0) is 0 Å². The van der Waals surface area contributed by atoms with Crippen LogP contribution >= 0.6 is 11.6 Å². The van der Waals surface area contributed by atoms with E-state index in [2.05, 4.69) is 11.6 Å². The van der Waals surface area contributed by atoms with Crippen molar-refractivity contribution in [2.75, 3.05) is 6.61 Å². The Labute approximate surface area is 93.2 Å². The van der Waals surface area contributed by atoms with Crippen LogP contribution in [0.15, 0.2) is 0 Å². The molecule has 104 valence electrons. The Balaban J connectivity index is 5.55. The van der Waals surface area contributed by atoms with Gasteiger partial charge in [-0.25, -0.2) is 0 Å². The van der Waals surface area contributed by atoms with Gasteiger partial charge in [0, 0.05) is 0 Å². The van der Waals surface area contributed by atoms with Crippen LogP contribution in [0.1, 0.15) is 0 Å². The van der Waals surface area contributed by atoms with Gasteiger partial charge in [0.25, 0.3) is 0 Å². The van der Waals surface area contributed by atoms with Crippen LogP contribution in [-0.4, -0.2) is 41.0 Å². The Morgan fingerprint density at radius 1 is 0.824 bits per heavy atom. The van der Waals surface area contributed by atoms with Crippen LogP contribution in [0.2, 0.25) is 0 Å². The van der Waals surface area contributed by atoms with Crippen molar-refractivity contribution in [2.24, 2.45) is 0 Å². The van der Waals surface area contributed by atoms with Gasteiger partial charge in [0.15, 0.2) is 0 Å². The van der Waals surface area contributed by atoms with Crippen molar-refractivity contribution >= 4 is 11.6 Å². The van der Waals surface area contributed by atoms with E-state index in [4.69, 9.17) is 5.11 Å².